The maximum atomic E-state index is 4.79. The summed E-state index contributed by atoms with van der Waals surface area (Å²) in [4.78, 5) is 13.8. The van der Waals surface area contributed by atoms with E-state index in [1.807, 2.05) is 19.3 Å². The highest BCUT2D eigenvalue weighted by Crippen LogP contribution is 2.26. The molecule has 0 N–H and O–H groups in total. The molecule has 0 unspecified atom stereocenters. The van der Waals surface area contributed by atoms with Crippen LogP contribution >= 0.6 is 0 Å². The van der Waals surface area contributed by atoms with Crippen LogP contribution in [0.4, 0.5) is 0 Å². The van der Waals surface area contributed by atoms with Gasteiger partial charge in [0.1, 0.15) is 0 Å². The van der Waals surface area contributed by atoms with E-state index in [-0.39, 0.29) is 0 Å². The Labute approximate surface area is 155 Å². The van der Waals surface area contributed by atoms with Gasteiger partial charge in [-0.15, -0.1) is 0 Å². The number of hydrogen-bond acceptors (Lipinski definition) is 3. The Morgan fingerprint density at radius 1 is 1.12 bits per heavy atom. The van der Waals surface area contributed by atoms with Gasteiger partial charge in [-0.2, -0.15) is 0 Å². The van der Waals surface area contributed by atoms with Crippen LogP contribution < -0.4 is 0 Å². The lowest BCUT2D eigenvalue weighted by molar-refractivity contribution is 1.02. The van der Waals surface area contributed by atoms with E-state index in [4.69, 9.17) is 4.98 Å². The molecule has 0 aliphatic rings. The maximum Gasteiger partial charge on any atom is 0.0702 e. The van der Waals surface area contributed by atoms with Crippen LogP contribution in [0.25, 0.3) is 22.0 Å². The predicted octanol–water partition coefficient (Wildman–Crippen LogP) is 5.52. The van der Waals surface area contributed by atoms with Crippen LogP contribution in [-0.4, -0.2) is 22.7 Å². The molecule has 26 heavy (non-hydrogen) atoms. The molecule has 0 spiro atoms. The highest BCUT2D eigenvalue weighted by molar-refractivity contribution is 6.19. The van der Waals surface area contributed by atoms with Crippen LogP contribution in [0.3, 0.4) is 0 Å². The van der Waals surface area contributed by atoms with Crippen LogP contribution in [0.2, 0.25) is 0 Å². The molecule has 0 fully saturated rings. The van der Waals surface area contributed by atoms with Crippen LogP contribution in [0.5, 0.6) is 0 Å². The third-order valence-corrected chi connectivity index (χ3v) is 4.49. The van der Waals surface area contributed by atoms with E-state index < -0.39 is 0 Å². The van der Waals surface area contributed by atoms with Crippen molar-refractivity contribution in [1.82, 2.24) is 9.97 Å². The average Bonchev–Trinajstić information content (AvgIpc) is 2.67. The lowest BCUT2D eigenvalue weighted by Gasteiger charge is -2.11. The molecule has 0 radical (unpaired) electrons. The molecule has 3 heteroatoms. The molecule has 132 valence electrons. The van der Waals surface area contributed by atoms with Gasteiger partial charge in [0.05, 0.1) is 11.2 Å². The van der Waals surface area contributed by atoms with Crippen LogP contribution in [0.15, 0.2) is 53.7 Å². The fraction of sp³-hybridized carbons (Fsp3) is 0.261. The molecule has 0 amide bonds. The molecule has 0 aliphatic heterocycles. The molecule has 0 atom stereocenters. The lowest BCUT2D eigenvalue weighted by atomic mass is 9.97. The van der Waals surface area contributed by atoms with E-state index >= 15 is 0 Å². The Hall–Kier alpha value is -2.81. The molecule has 3 nitrogen and oxygen atoms in total. The molecule has 0 bridgehead atoms. The van der Waals surface area contributed by atoms with Gasteiger partial charge in [-0.05, 0) is 74.2 Å². The second-order valence-electron chi connectivity index (χ2n) is 6.45. The van der Waals surface area contributed by atoms with Gasteiger partial charge in [-0.1, -0.05) is 19.1 Å². The molecule has 3 rings (SSSR count). The van der Waals surface area contributed by atoms with E-state index in [1.54, 1.807) is 0 Å². The van der Waals surface area contributed by atoms with E-state index in [1.165, 1.54) is 0 Å². The Bertz CT molecular complexity index is 984. The summed E-state index contributed by atoms with van der Waals surface area (Å²) < 4.78 is 0. The van der Waals surface area contributed by atoms with Crippen LogP contribution in [-0.2, 0) is 6.42 Å². The van der Waals surface area contributed by atoms with Gasteiger partial charge in [0.15, 0.2) is 0 Å². The third kappa shape index (κ3) is 3.88. The highest BCUT2D eigenvalue weighted by atomic mass is 14.7. The number of aryl methyl sites for hydroxylation is 2. The van der Waals surface area contributed by atoms with Crippen molar-refractivity contribution >= 4 is 28.3 Å². The van der Waals surface area contributed by atoms with Gasteiger partial charge in [-0.25, -0.2) is 0 Å². The van der Waals surface area contributed by atoms with Gasteiger partial charge in [0.25, 0.3) is 0 Å². The molecular formula is C23H25N3. The van der Waals surface area contributed by atoms with Gasteiger partial charge in [0.2, 0.25) is 0 Å². The number of aliphatic imine (C=N–C) groups is 1. The second kappa shape index (κ2) is 8.05. The van der Waals surface area contributed by atoms with Crippen LogP contribution in [0.1, 0.15) is 43.3 Å². The molecule has 2 aromatic heterocycles. The highest BCUT2D eigenvalue weighted by Gasteiger charge is 2.09. The standard InChI is InChI=1S/C23H25N3/c1-5-20-8-7-9-22(26-20)17(4)21(15-24-6-2)18-10-11-23-19(13-18)12-16(3)14-25-23/h7-15H,5-6H2,1-4H3/b21-17-,24-15?. The first kappa shape index (κ1) is 18.0. The van der Waals surface area contributed by atoms with E-state index in [0.29, 0.717) is 0 Å². The minimum absolute atomic E-state index is 0.757. The molecule has 0 aliphatic carbocycles. The van der Waals surface area contributed by atoms with Gasteiger partial charge >= 0.3 is 0 Å². The number of fused-ring (bicyclic) bond motifs is 1. The maximum absolute atomic E-state index is 4.79. The SMILES string of the molecule is CCN=C/C(=C(\C)c1cccc(CC)n1)c1ccc2ncc(C)cc2c1. The number of aromatic nitrogens is 2. The van der Waals surface area contributed by atoms with Crippen molar-refractivity contribution in [2.45, 2.75) is 34.1 Å². The van der Waals surface area contributed by atoms with Crippen molar-refractivity contribution in [3.05, 3.63) is 71.2 Å². The minimum atomic E-state index is 0.757. The first-order valence-corrected chi connectivity index (χ1v) is 9.16. The lowest BCUT2D eigenvalue weighted by Crippen LogP contribution is -1.97. The zero-order valence-electron chi connectivity index (χ0n) is 16.0. The molecule has 3 aromatic rings. The summed E-state index contributed by atoms with van der Waals surface area (Å²) >= 11 is 0. The fourth-order valence-corrected chi connectivity index (χ4v) is 3.00. The van der Waals surface area contributed by atoms with Crippen LogP contribution in [0, 0.1) is 6.92 Å². The summed E-state index contributed by atoms with van der Waals surface area (Å²) in [6, 6.07) is 14.8. The first-order valence-electron chi connectivity index (χ1n) is 9.16. The smallest absolute Gasteiger partial charge is 0.0702 e. The van der Waals surface area contributed by atoms with Crippen molar-refractivity contribution in [2.75, 3.05) is 6.54 Å². The normalized spacial score (nSPS) is 12.6. The number of nitrogens with zero attached hydrogens (tertiary/aromatic N) is 3. The quantitative estimate of drug-likeness (QED) is 0.572. The molecule has 2 heterocycles. The second-order valence-corrected chi connectivity index (χ2v) is 6.45. The van der Waals surface area contributed by atoms with Crippen molar-refractivity contribution in [1.29, 1.82) is 0 Å². The van der Waals surface area contributed by atoms with Crippen molar-refractivity contribution < 1.29 is 0 Å². The van der Waals surface area contributed by atoms with Gasteiger partial charge in [0, 0.05) is 35.6 Å². The zero-order valence-corrected chi connectivity index (χ0v) is 16.0. The van der Waals surface area contributed by atoms with Crippen molar-refractivity contribution in [3.63, 3.8) is 0 Å². The van der Waals surface area contributed by atoms with E-state index in [2.05, 4.69) is 73.2 Å². The van der Waals surface area contributed by atoms with Gasteiger partial charge < -0.3 is 0 Å². The zero-order chi connectivity index (χ0) is 18.5. The Morgan fingerprint density at radius 3 is 2.73 bits per heavy atom. The topological polar surface area (TPSA) is 38.1 Å². The number of benzene rings is 1. The summed E-state index contributed by atoms with van der Waals surface area (Å²) in [7, 11) is 0. The Morgan fingerprint density at radius 2 is 1.96 bits per heavy atom. The van der Waals surface area contributed by atoms with Crippen molar-refractivity contribution in [2.24, 2.45) is 4.99 Å². The molecule has 0 saturated heterocycles. The molecule has 0 saturated carbocycles. The summed E-state index contributed by atoms with van der Waals surface area (Å²) in [5.41, 5.74) is 7.67. The summed E-state index contributed by atoms with van der Waals surface area (Å²) in [6.45, 7) is 9.13. The number of rotatable bonds is 5. The average molecular weight is 343 g/mol. The minimum Gasteiger partial charge on any atom is -0.293 e. The fourth-order valence-electron chi connectivity index (χ4n) is 3.00. The number of hydrogen-bond donors (Lipinski definition) is 0. The Kier molecular flexibility index (Phi) is 5.57. The Balaban J connectivity index is 2.17. The first-order chi connectivity index (χ1) is 12.6. The monoisotopic (exact) mass is 343 g/mol. The molecule has 1 aromatic carbocycles. The van der Waals surface area contributed by atoms with E-state index in [9.17, 15) is 0 Å². The number of allylic oxidation sites excluding steroid dienone is 2. The van der Waals surface area contributed by atoms with Gasteiger partial charge in [-0.3, -0.25) is 15.0 Å². The summed E-state index contributed by atoms with van der Waals surface area (Å²) in [5.74, 6) is 0. The third-order valence-electron chi connectivity index (χ3n) is 4.49. The molecular weight excluding hydrogens is 318 g/mol. The predicted molar refractivity (Wildman–Crippen MR) is 112 cm³/mol. The summed E-state index contributed by atoms with van der Waals surface area (Å²) in [6.07, 6.45) is 4.81. The van der Waals surface area contributed by atoms with Crippen molar-refractivity contribution in [3.8, 4) is 0 Å². The number of pyridine rings is 2. The summed E-state index contributed by atoms with van der Waals surface area (Å²) in [5, 5.41) is 1.15. The largest absolute Gasteiger partial charge is 0.293 e. The van der Waals surface area contributed by atoms with E-state index in [0.717, 1.165) is 57.5 Å².